The van der Waals surface area contributed by atoms with Gasteiger partial charge < -0.3 is 10.4 Å². The van der Waals surface area contributed by atoms with Crippen molar-refractivity contribution in [2.24, 2.45) is 0 Å². The minimum Gasteiger partial charge on any atom is -0.392 e. The molecule has 0 amide bonds. The molecule has 0 spiro atoms. The second-order valence-electron chi connectivity index (χ2n) is 3.25. The Labute approximate surface area is 89.9 Å². The molecule has 0 aliphatic carbocycles. The lowest BCUT2D eigenvalue weighted by atomic mass is 10.2. The Morgan fingerprint density at radius 1 is 1.43 bits per heavy atom. The lowest BCUT2D eigenvalue weighted by molar-refractivity contribution is 0.282. The molecule has 0 radical (unpaired) electrons. The Morgan fingerprint density at radius 2 is 2.21 bits per heavy atom. The zero-order valence-electron chi connectivity index (χ0n) is 8.39. The average Bonchev–Trinajstić information content (AvgIpc) is 2.21. The molecule has 0 heterocycles. The van der Waals surface area contributed by atoms with E-state index < -0.39 is 0 Å². The molecule has 0 aromatic heterocycles. The summed E-state index contributed by atoms with van der Waals surface area (Å²) < 4.78 is 0. The summed E-state index contributed by atoms with van der Waals surface area (Å²) in [6.45, 7) is 3.12. The van der Waals surface area contributed by atoms with Crippen LogP contribution in [0.3, 0.4) is 0 Å². The van der Waals surface area contributed by atoms with Gasteiger partial charge in [0.15, 0.2) is 0 Å². The molecule has 0 fully saturated rings. The van der Waals surface area contributed by atoms with Crippen molar-refractivity contribution < 1.29 is 5.11 Å². The van der Waals surface area contributed by atoms with Gasteiger partial charge in [-0.3, -0.25) is 0 Å². The number of rotatable bonds is 5. The van der Waals surface area contributed by atoms with Crippen LogP contribution >= 0.6 is 11.6 Å². The topological polar surface area (TPSA) is 32.3 Å². The predicted molar refractivity (Wildman–Crippen MR) is 60.8 cm³/mol. The number of aliphatic hydroxyl groups is 1. The summed E-state index contributed by atoms with van der Waals surface area (Å²) in [5.74, 6) is 0. The molecule has 0 aliphatic heterocycles. The zero-order valence-corrected chi connectivity index (χ0v) is 9.14. The Bertz CT molecular complexity index is 289. The number of nitrogens with one attached hydrogen (secondary N) is 1. The molecule has 78 valence electrons. The minimum absolute atomic E-state index is 0.0552. The van der Waals surface area contributed by atoms with E-state index in [1.54, 1.807) is 6.07 Å². The Balaban J connectivity index is 2.64. The first kappa shape index (κ1) is 11.3. The van der Waals surface area contributed by atoms with Crippen molar-refractivity contribution >= 4 is 17.3 Å². The van der Waals surface area contributed by atoms with E-state index in [4.69, 9.17) is 16.7 Å². The zero-order chi connectivity index (χ0) is 10.4. The van der Waals surface area contributed by atoms with Gasteiger partial charge in [-0.15, -0.1) is 0 Å². The molecule has 0 saturated heterocycles. The second kappa shape index (κ2) is 5.89. The molecule has 0 unspecified atom stereocenters. The maximum atomic E-state index is 8.95. The highest BCUT2D eigenvalue weighted by Gasteiger charge is 2.00. The van der Waals surface area contributed by atoms with Gasteiger partial charge >= 0.3 is 0 Å². The monoisotopic (exact) mass is 213 g/mol. The number of unbranched alkanes of at least 4 members (excludes halogenated alkanes) is 1. The van der Waals surface area contributed by atoms with Crippen molar-refractivity contribution in [2.45, 2.75) is 26.4 Å². The first-order valence-corrected chi connectivity index (χ1v) is 5.29. The van der Waals surface area contributed by atoms with Crippen LogP contribution in [0.25, 0.3) is 0 Å². The largest absolute Gasteiger partial charge is 0.392 e. The van der Waals surface area contributed by atoms with Gasteiger partial charge in [0, 0.05) is 6.54 Å². The molecule has 1 aromatic carbocycles. The van der Waals surface area contributed by atoms with Crippen LogP contribution in [0.4, 0.5) is 5.69 Å². The van der Waals surface area contributed by atoms with Crippen molar-refractivity contribution in [3.05, 3.63) is 28.8 Å². The molecule has 14 heavy (non-hydrogen) atoms. The number of hydrogen-bond donors (Lipinski definition) is 2. The number of benzene rings is 1. The van der Waals surface area contributed by atoms with Gasteiger partial charge in [-0.05, 0) is 24.1 Å². The van der Waals surface area contributed by atoms with Gasteiger partial charge in [-0.1, -0.05) is 31.0 Å². The molecular formula is C11H16ClNO. The molecule has 1 aromatic rings. The van der Waals surface area contributed by atoms with Crippen LogP contribution in [-0.4, -0.2) is 11.7 Å². The molecule has 0 aliphatic rings. The van der Waals surface area contributed by atoms with Crippen LogP contribution in [0.15, 0.2) is 18.2 Å². The van der Waals surface area contributed by atoms with Gasteiger partial charge in [0.05, 0.1) is 17.3 Å². The maximum absolute atomic E-state index is 8.95. The van der Waals surface area contributed by atoms with E-state index in [0.717, 1.165) is 30.6 Å². The van der Waals surface area contributed by atoms with Crippen molar-refractivity contribution in [1.29, 1.82) is 0 Å². The molecular weight excluding hydrogens is 198 g/mol. The van der Waals surface area contributed by atoms with Gasteiger partial charge in [0.25, 0.3) is 0 Å². The lowest BCUT2D eigenvalue weighted by Gasteiger charge is -2.08. The smallest absolute Gasteiger partial charge is 0.0682 e. The van der Waals surface area contributed by atoms with Crippen LogP contribution in [0.1, 0.15) is 25.3 Å². The number of aliphatic hydroxyl groups excluding tert-OH is 1. The van der Waals surface area contributed by atoms with Gasteiger partial charge in [0.2, 0.25) is 0 Å². The fraction of sp³-hybridized carbons (Fsp3) is 0.455. The highest BCUT2D eigenvalue weighted by molar-refractivity contribution is 6.33. The summed E-state index contributed by atoms with van der Waals surface area (Å²) in [4.78, 5) is 0. The summed E-state index contributed by atoms with van der Waals surface area (Å²) in [6.07, 6.45) is 2.28. The normalized spacial score (nSPS) is 10.2. The number of hydrogen-bond acceptors (Lipinski definition) is 2. The van der Waals surface area contributed by atoms with Crippen LogP contribution in [0, 0.1) is 0 Å². The van der Waals surface area contributed by atoms with Crippen molar-refractivity contribution in [2.75, 3.05) is 11.9 Å². The van der Waals surface area contributed by atoms with E-state index in [2.05, 4.69) is 12.2 Å². The average molecular weight is 214 g/mol. The van der Waals surface area contributed by atoms with E-state index in [0.29, 0.717) is 5.02 Å². The first-order chi connectivity index (χ1) is 6.77. The molecule has 0 atom stereocenters. The van der Waals surface area contributed by atoms with E-state index in [9.17, 15) is 0 Å². The van der Waals surface area contributed by atoms with Crippen molar-refractivity contribution in [1.82, 2.24) is 0 Å². The molecule has 2 nitrogen and oxygen atoms in total. The highest BCUT2D eigenvalue weighted by Crippen LogP contribution is 2.22. The number of anilines is 1. The third kappa shape index (κ3) is 3.20. The molecule has 1 rings (SSSR count). The second-order valence-corrected chi connectivity index (χ2v) is 3.66. The van der Waals surface area contributed by atoms with E-state index in [1.165, 1.54) is 0 Å². The summed E-state index contributed by atoms with van der Waals surface area (Å²) in [6, 6.07) is 5.52. The minimum atomic E-state index is 0.0552. The summed E-state index contributed by atoms with van der Waals surface area (Å²) in [5, 5.41) is 12.9. The predicted octanol–water partition coefficient (Wildman–Crippen LogP) is 3.04. The van der Waals surface area contributed by atoms with E-state index >= 15 is 0 Å². The third-order valence-corrected chi connectivity index (χ3v) is 2.39. The SMILES string of the molecule is CCCCNc1cc(CO)ccc1Cl. The summed E-state index contributed by atoms with van der Waals surface area (Å²) >= 11 is 5.99. The lowest BCUT2D eigenvalue weighted by Crippen LogP contribution is -2.01. The summed E-state index contributed by atoms with van der Waals surface area (Å²) in [7, 11) is 0. The van der Waals surface area contributed by atoms with Crippen LogP contribution in [0.2, 0.25) is 5.02 Å². The van der Waals surface area contributed by atoms with E-state index in [-0.39, 0.29) is 6.61 Å². The highest BCUT2D eigenvalue weighted by atomic mass is 35.5. The molecule has 0 bridgehead atoms. The van der Waals surface area contributed by atoms with E-state index in [1.807, 2.05) is 12.1 Å². The van der Waals surface area contributed by atoms with Gasteiger partial charge in [-0.25, -0.2) is 0 Å². The number of halogens is 1. The van der Waals surface area contributed by atoms with Crippen LogP contribution < -0.4 is 5.32 Å². The maximum Gasteiger partial charge on any atom is 0.0682 e. The molecule has 2 N–H and O–H groups in total. The van der Waals surface area contributed by atoms with Crippen molar-refractivity contribution in [3.8, 4) is 0 Å². The van der Waals surface area contributed by atoms with Gasteiger partial charge in [0.1, 0.15) is 0 Å². The summed E-state index contributed by atoms with van der Waals surface area (Å²) in [5.41, 5.74) is 1.79. The van der Waals surface area contributed by atoms with Crippen LogP contribution in [0.5, 0.6) is 0 Å². The quantitative estimate of drug-likeness (QED) is 0.737. The first-order valence-electron chi connectivity index (χ1n) is 4.91. The fourth-order valence-electron chi connectivity index (χ4n) is 1.21. The molecule has 0 saturated carbocycles. The van der Waals surface area contributed by atoms with Crippen LogP contribution in [-0.2, 0) is 6.61 Å². The van der Waals surface area contributed by atoms with Crippen molar-refractivity contribution in [3.63, 3.8) is 0 Å². The Kier molecular flexibility index (Phi) is 4.77. The Morgan fingerprint density at radius 3 is 2.86 bits per heavy atom. The fourth-order valence-corrected chi connectivity index (χ4v) is 1.39. The van der Waals surface area contributed by atoms with Gasteiger partial charge in [-0.2, -0.15) is 0 Å². The third-order valence-electron chi connectivity index (χ3n) is 2.06. The Hall–Kier alpha value is -0.730. The molecule has 3 heteroatoms. The standard InChI is InChI=1S/C11H16ClNO/c1-2-3-6-13-11-7-9(8-14)4-5-10(11)12/h4-5,7,13-14H,2-3,6,8H2,1H3.